The molecule has 2 amide bonds. The lowest BCUT2D eigenvalue weighted by Crippen LogP contribution is -2.55. The van der Waals surface area contributed by atoms with Gasteiger partial charge in [0.1, 0.15) is 10.9 Å². The van der Waals surface area contributed by atoms with Gasteiger partial charge >= 0.3 is 5.97 Å². The van der Waals surface area contributed by atoms with Crippen LogP contribution in [0, 0.1) is 29.1 Å². The van der Waals surface area contributed by atoms with E-state index in [9.17, 15) is 19.5 Å². The molecule has 3 rings (SSSR count). The van der Waals surface area contributed by atoms with E-state index < -0.39 is 12.0 Å². The number of nitrogens with zero attached hydrogens (tertiary/aromatic N) is 2. The Labute approximate surface area is 212 Å². The number of thiophene rings is 1. The van der Waals surface area contributed by atoms with Crippen LogP contribution in [0.2, 0.25) is 0 Å². The molecular weight excluding hydrogens is 464 g/mol. The summed E-state index contributed by atoms with van der Waals surface area (Å²) in [6.45, 7) is 9.41. The van der Waals surface area contributed by atoms with Crippen LogP contribution in [0.1, 0.15) is 80.8 Å². The lowest BCUT2D eigenvalue weighted by atomic mass is 9.82. The van der Waals surface area contributed by atoms with Crippen LogP contribution in [-0.4, -0.2) is 60.6 Å². The number of hydrogen-bond acceptors (Lipinski definition) is 5. The highest BCUT2D eigenvalue weighted by Crippen LogP contribution is 2.37. The first-order chi connectivity index (χ1) is 16.5. The van der Waals surface area contributed by atoms with Crippen LogP contribution in [-0.2, 0) is 14.3 Å². The van der Waals surface area contributed by atoms with E-state index in [-0.39, 0.29) is 40.3 Å². The maximum absolute atomic E-state index is 14.0. The Kier molecular flexibility index (Phi) is 9.00. The molecule has 1 aliphatic heterocycles. The normalized spacial score (nSPS) is 21.2. The number of rotatable bonds is 7. The van der Waals surface area contributed by atoms with Crippen molar-refractivity contribution in [2.75, 3.05) is 31.7 Å². The Morgan fingerprint density at radius 2 is 1.83 bits per heavy atom. The fourth-order valence-corrected chi connectivity index (χ4v) is 5.57. The molecule has 7 nitrogen and oxygen atoms in total. The highest BCUT2D eigenvalue weighted by atomic mass is 32.1. The second-order valence-corrected chi connectivity index (χ2v) is 11.9. The predicted molar refractivity (Wildman–Crippen MR) is 138 cm³/mol. The number of hydrogen-bond donors (Lipinski definition) is 1. The Morgan fingerprint density at radius 3 is 2.37 bits per heavy atom. The van der Waals surface area contributed by atoms with Gasteiger partial charge in [-0.2, -0.15) is 0 Å². The molecule has 1 atom stereocenters. The van der Waals surface area contributed by atoms with E-state index in [4.69, 9.17) is 4.74 Å². The summed E-state index contributed by atoms with van der Waals surface area (Å²) >= 11 is 1.05. The Morgan fingerprint density at radius 1 is 1.20 bits per heavy atom. The Balaban J connectivity index is 2.10. The molecule has 1 saturated heterocycles. The van der Waals surface area contributed by atoms with Crippen molar-refractivity contribution in [2.24, 2.45) is 17.3 Å². The summed E-state index contributed by atoms with van der Waals surface area (Å²) in [7, 11) is 1.50. The maximum atomic E-state index is 14.0. The molecule has 0 aromatic carbocycles. The quantitative estimate of drug-likeness (QED) is 0.549. The van der Waals surface area contributed by atoms with Crippen molar-refractivity contribution >= 4 is 34.8 Å². The minimum Gasteiger partial charge on any atom is -0.477 e. The minimum atomic E-state index is -1.13. The van der Waals surface area contributed by atoms with Crippen LogP contribution in [0.25, 0.3) is 0 Å². The molecule has 0 bridgehead atoms. The second kappa shape index (κ2) is 11.6. The number of likely N-dealkylation sites (tertiary alicyclic amines) is 1. The molecule has 35 heavy (non-hydrogen) atoms. The number of carboxylic acids is 1. The lowest BCUT2D eigenvalue weighted by Gasteiger charge is -2.36. The molecule has 2 fully saturated rings. The standard InChI is InChI=1S/C27H38N2O5S/c1-18-8-10-19(11-9-18)24(30)29(22(17-34-5)25(31)28-14-6-7-15-28)21-16-20(12-13-27(2,3)4)35-23(21)26(32)33/h16,18-19,22H,6-11,14-15,17H2,1-5H3,(H,32,33)/t18?,19?,22-/m0/s1. The average molecular weight is 503 g/mol. The van der Waals surface area contributed by atoms with Crippen LogP contribution in [0.4, 0.5) is 5.69 Å². The van der Waals surface area contributed by atoms with Gasteiger partial charge in [-0.05, 0) is 71.3 Å². The van der Waals surface area contributed by atoms with E-state index in [0.29, 0.717) is 23.9 Å². The number of ether oxygens (including phenoxy) is 1. The fourth-order valence-electron chi connectivity index (χ4n) is 4.73. The summed E-state index contributed by atoms with van der Waals surface area (Å²) in [6.07, 6.45) is 5.19. The molecule has 1 aromatic rings. The van der Waals surface area contributed by atoms with Crippen molar-refractivity contribution in [3.8, 4) is 11.8 Å². The van der Waals surface area contributed by atoms with Crippen molar-refractivity contribution in [3.63, 3.8) is 0 Å². The van der Waals surface area contributed by atoms with Crippen LogP contribution >= 0.6 is 11.3 Å². The molecular formula is C27H38N2O5S. The zero-order valence-electron chi connectivity index (χ0n) is 21.6. The van der Waals surface area contributed by atoms with Gasteiger partial charge in [0.25, 0.3) is 0 Å². The van der Waals surface area contributed by atoms with Gasteiger partial charge in [0, 0.05) is 31.5 Å². The van der Waals surface area contributed by atoms with Crippen molar-refractivity contribution < 1.29 is 24.2 Å². The van der Waals surface area contributed by atoms with E-state index in [1.807, 2.05) is 20.8 Å². The van der Waals surface area contributed by atoms with E-state index in [0.717, 1.165) is 49.9 Å². The average Bonchev–Trinajstić information content (AvgIpc) is 3.47. The lowest BCUT2D eigenvalue weighted by molar-refractivity contribution is -0.136. The molecule has 1 N–H and O–H groups in total. The number of methoxy groups -OCH3 is 1. The third-order valence-corrected chi connectivity index (χ3v) is 7.70. The summed E-state index contributed by atoms with van der Waals surface area (Å²) in [5.41, 5.74) is -0.00879. The SMILES string of the molecule is COC[C@@H](C(=O)N1CCCC1)N(C(=O)C1CCC(C)CC1)c1cc(C#CC(C)(C)C)sc1C(=O)O. The van der Waals surface area contributed by atoms with Crippen LogP contribution in [0.3, 0.4) is 0 Å². The monoisotopic (exact) mass is 502 g/mol. The van der Waals surface area contributed by atoms with Crippen molar-refractivity contribution in [2.45, 2.75) is 72.3 Å². The summed E-state index contributed by atoms with van der Waals surface area (Å²) in [4.78, 5) is 43.7. The van der Waals surface area contributed by atoms with Gasteiger partial charge in [0.2, 0.25) is 11.8 Å². The Hall–Kier alpha value is -2.37. The highest BCUT2D eigenvalue weighted by molar-refractivity contribution is 7.15. The van der Waals surface area contributed by atoms with Gasteiger partial charge in [-0.15, -0.1) is 11.3 Å². The van der Waals surface area contributed by atoms with Crippen molar-refractivity contribution in [1.29, 1.82) is 0 Å². The fraction of sp³-hybridized carbons (Fsp3) is 0.667. The van der Waals surface area contributed by atoms with Crippen LogP contribution in [0.5, 0.6) is 0 Å². The van der Waals surface area contributed by atoms with E-state index >= 15 is 0 Å². The predicted octanol–water partition coefficient (Wildman–Crippen LogP) is 4.64. The van der Waals surface area contributed by atoms with E-state index in [1.165, 1.54) is 12.0 Å². The number of carbonyl (C=O) groups excluding carboxylic acids is 2. The first-order valence-corrected chi connectivity index (χ1v) is 13.3. The summed E-state index contributed by atoms with van der Waals surface area (Å²) in [5.74, 6) is 5.02. The van der Waals surface area contributed by atoms with Gasteiger partial charge in [-0.1, -0.05) is 18.8 Å². The molecule has 0 unspecified atom stereocenters. The molecule has 2 aliphatic rings. The largest absolute Gasteiger partial charge is 0.477 e. The number of anilines is 1. The Bertz CT molecular complexity index is 985. The maximum Gasteiger partial charge on any atom is 0.348 e. The molecule has 1 aromatic heterocycles. The number of carboxylic acid groups (broad SMARTS) is 1. The minimum absolute atomic E-state index is 0.00209. The van der Waals surface area contributed by atoms with Crippen LogP contribution in [0.15, 0.2) is 6.07 Å². The number of aromatic carboxylic acids is 1. The van der Waals surface area contributed by atoms with Crippen molar-refractivity contribution in [3.05, 3.63) is 15.8 Å². The van der Waals surface area contributed by atoms with Crippen LogP contribution < -0.4 is 4.90 Å². The molecule has 192 valence electrons. The zero-order valence-corrected chi connectivity index (χ0v) is 22.4. The molecule has 1 aliphatic carbocycles. The molecule has 0 spiro atoms. The first-order valence-electron chi connectivity index (χ1n) is 12.5. The summed E-state index contributed by atoms with van der Waals surface area (Å²) in [6, 6.07) is 0.747. The zero-order chi connectivity index (χ0) is 25.8. The van der Waals surface area contributed by atoms with E-state index in [1.54, 1.807) is 11.0 Å². The van der Waals surface area contributed by atoms with Gasteiger partial charge in [0.05, 0.1) is 17.2 Å². The highest BCUT2D eigenvalue weighted by Gasteiger charge is 2.40. The van der Waals surface area contributed by atoms with Gasteiger partial charge in [-0.3, -0.25) is 14.5 Å². The number of carbonyl (C=O) groups is 3. The molecule has 8 heteroatoms. The molecule has 0 radical (unpaired) electrons. The number of amides is 2. The first kappa shape index (κ1) is 27.2. The summed E-state index contributed by atoms with van der Waals surface area (Å²) < 4.78 is 5.43. The molecule has 1 saturated carbocycles. The topological polar surface area (TPSA) is 87.2 Å². The third-order valence-electron chi connectivity index (χ3n) is 6.67. The van der Waals surface area contributed by atoms with Gasteiger partial charge < -0.3 is 14.7 Å². The third kappa shape index (κ3) is 6.86. The van der Waals surface area contributed by atoms with Gasteiger partial charge in [-0.25, -0.2) is 4.79 Å². The smallest absolute Gasteiger partial charge is 0.348 e. The van der Waals surface area contributed by atoms with E-state index in [2.05, 4.69) is 18.8 Å². The summed E-state index contributed by atoms with van der Waals surface area (Å²) in [5, 5.41) is 10.0. The van der Waals surface area contributed by atoms with Gasteiger partial charge in [0.15, 0.2) is 0 Å². The van der Waals surface area contributed by atoms with Crippen molar-refractivity contribution in [1.82, 2.24) is 4.90 Å². The molecule has 2 heterocycles. The second-order valence-electron chi connectivity index (χ2n) is 10.8.